The van der Waals surface area contributed by atoms with Gasteiger partial charge in [-0.15, -0.1) is 0 Å². The highest BCUT2D eigenvalue weighted by atomic mass is 19.1. The van der Waals surface area contributed by atoms with Crippen LogP contribution in [0.25, 0.3) is 0 Å². The summed E-state index contributed by atoms with van der Waals surface area (Å²) in [5.41, 5.74) is 1.72. The first-order valence-electron chi connectivity index (χ1n) is 5.21. The lowest BCUT2D eigenvalue weighted by Gasteiger charge is -2.02. The summed E-state index contributed by atoms with van der Waals surface area (Å²) >= 11 is 0. The molecule has 3 heteroatoms. The normalized spacial score (nSPS) is 10.2. The van der Waals surface area contributed by atoms with Gasteiger partial charge in [-0.2, -0.15) is 0 Å². The fraction of sp³-hybridized carbons (Fsp3) is 0.0714. The van der Waals surface area contributed by atoms with Crippen molar-refractivity contribution in [2.45, 2.75) is 6.61 Å². The van der Waals surface area contributed by atoms with Crippen molar-refractivity contribution in [3.8, 4) is 0 Å². The standard InChI is InChI=1S/C14H11FO2/c15-13-7-5-12(6-8-13)14(17)11-3-1-10(9-16)2-4-11/h1-8,16H,9H2. The number of aliphatic hydroxyl groups excluding tert-OH is 1. The molecule has 0 bridgehead atoms. The lowest BCUT2D eigenvalue weighted by Crippen LogP contribution is -2.01. The number of ketones is 1. The van der Waals surface area contributed by atoms with Crippen molar-refractivity contribution in [2.24, 2.45) is 0 Å². The Hall–Kier alpha value is -2.00. The Kier molecular flexibility index (Phi) is 3.30. The van der Waals surface area contributed by atoms with Gasteiger partial charge in [0.05, 0.1) is 6.61 Å². The van der Waals surface area contributed by atoms with Crippen LogP contribution in [0.1, 0.15) is 21.5 Å². The molecule has 2 rings (SSSR count). The van der Waals surface area contributed by atoms with Gasteiger partial charge in [0, 0.05) is 11.1 Å². The fourth-order valence-corrected chi connectivity index (χ4v) is 1.53. The van der Waals surface area contributed by atoms with Gasteiger partial charge in [-0.1, -0.05) is 24.3 Å². The van der Waals surface area contributed by atoms with Crippen LogP contribution in [0, 0.1) is 5.82 Å². The van der Waals surface area contributed by atoms with Gasteiger partial charge < -0.3 is 5.11 Å². The Bertz CT molecular complexity index is 515. The monoisotopic (exact) mass is 230 g/mol. The van der Waals surface area contributed by atoms with E-state index in [1.54, 1.807) is 24.3 Å². The molecule has 2 aromatic rings. The van der Waals surface area contributed by atoms with Crippen molar-refractivity contribution < 1.29 is 14.3 Å². The first-order valence-corrected chi connectivity index (χ1v) is 5.21. The first kappa shape index (κ1) is 11.5. The van der Waals surface area contributed by atoms with Crippen LogP contribution in [0.15, 0.2) is 48.5 Å². The number of hydrogen-bond acceptors (Lipinski definition) is 2. The van der Waals surface area contributed by atoms with Crippen molar-refractivity contribution in [1.82, 2.24) is 0 Å². The molecule has 0 fully saturated rings. The summed E-state index contributed by atoms with van der Waals surface area (Å²) in [6, 6.07) is 12.1. The molecule has 0 unspecified atom stereocenters. The Balaban J connectivity index is 2.27. The van der Waals surface area contributed by atoms with Crippen molar-refractivity contribution in [2.75, 3.05) is 0 Å². The third-order valence-electron chi connectivity index (χ3n) is 2.51. The number of aliphatic hydroxyl groups is 1. The number of carbonyl (C=O) groups excluding carboxylic acids is 1. The average molecular weight is 230 g/mol. The third kappa shape index (κ3) is 2.57. The molecular weight excluding hydrogens is 219 g/mol. The number of rotatable bonds is 3. The SMILES string of the molecule is O=C(c1ccc(F)cc1)c1ccc(CO)cc1. The second kappa shape index (κ2) is 4.89. The maximum Gasteiger partial charge on any atom is 0.193 e. The van der Waals surface area contributed by atoms with E-state index in [0.29, 0.717) is 11.1 Å². The molecule has 2 aromatic carbocycles. The predicted molar refractivity (Wildman–Crippen MR) is 62.2 cm³/mol. The number of benzene rings is 2. The molecule has 86 valence electrons. The van der Waals surface area contributed by atoms with Crippen LogP contribution in [0.3, 0.4) is 0 Å². The Morgan fingerprint density at radius 3 is 1.88 bits per heavy atom. The van der Waals surface area contributed by atoms with Crippen molar-refractivity contribution >= 4 is 5.78 Å². The minimum atomic E-state index is -0.364. The van der Waals surface area contributed by atoms with Gasteiger partial charge in [0.2, 0.25) is 0 Å². The van der Waals surface area contributed by atoms with E-state index in [1.807, 2.05) is 0 Å². The zero-order valence-corrected chi connectivity index (χ0v) is 9.06. The molecule has 0 aromatic heterocycles. The summed E-state index contributed by atoms with van der Waals surface area (Å²) in [6.07, 6.45) is 0. The number of halogens is 1. The molecule has 0 heterocycles. The van der Waals surface area contributed by atoms with E-state index < -0.39 is 0 Å². The summed E-state index contributed by atoms with van der Waals surface area (Å²) in [7, 11) is 0. The summed E-state index contributed by atoms with van der Waals surface area (Å²) in [5.74, 6) is -0.522. The minimum absolute atomic E-state index is 0.0506. The van der Waals surface area contributed by atoms with Gasteiger partial charge in [-0.3, -0.25) is 4.79 Å². The van der Waals surface area contributed by atoms with Gasteiger partial charge >= 0.3 is 0 Å². The van der Waals surface area contributed by atoms with Crippen LogP contribution in [0.5, 0.6) is 0 Å². The van der Waals surface area contributed by atoms with Gasteiger partial charge in [-0.05, 0) is 29.8 Å². The second-order valence-electron chi connectivity index (χ2n) is 3.69. The molecule has 0 spiro atoms. The van der Waals surface area contributed by atoms with Crippen LogP contribution in [-0.4, -0.2) is 10.9 Å². The molecule has 0 aliphatic heterocycles. The van der Waals surface area contributed by atoms with E-state index in [0.717, 1.165) is 5.56 Å². The Morgan fingerprint density at radius 1 is 0.941 bits per heavy atom. The molecule has 1 N–H and O–H groups in total. The van der Waals surface area contributed by atoms with E-state index in [-0.39, 0.29) is 18.2 Å². The highest BCUT2D eigenvalue weighted by Crippen LogP contribution is 2.12. The predicted octanol–water partition coefficient (Wildman–Crippen LogP) is 2.55. The first-order chi connectivity index (χ1) is 8.20. The van der Waals surface area contributed by atoms with Crippen molar-refractivity contribution in [1.29, 1.82) is 0 Å². The third-order valence-corrected chi connectivity index (χ3v) is 2.51. The zero-order chi connectivity index (χ0) is 12.3. The quantitative estimate of drug-likeness (QED) is 0.823. The van der Waals surface area contributed by atoms with Crippen LogP contribution in [0.2, 0.25) is 0 Å². The minimum Gasteiger partial charge on any atom is -0.392 e. The molecule has 0 amide bonds. The van der Waals surface area contributed by atoms with Gasteiger partial charge in [0.15, 0.2) is 5.78 Å². The molecule has 0 aliphatic rings. The molecule has 2 nitrogen and oxygen atoms in total. The Labute approximate surface area is 98.3 Å². The van der Waals surface area contributed by atoms with E-state index in [2.05, 4.69) is 0 Å². The molecule has 0 saturated heterocycles. The van der Waals surface area contributed by atoms with Gasteiger partial charge in [0.25, 0.3) is 0 Å². The fourth-order valence-electron chi connectivity index (χ4n) is 1.53. The van der Waals surface area contributed by atoms with Crippen LogP contribution in [-0.2, 0) is 6.61 Å². The highest BCUT2D eigenvalue weighted by molar-refractivity contribution is 6.08. The molecule has 0 radical (unpaired) electrons. The summed E-state index contributed by atoms with van der Waals surface area (Å²) in [4.78, 5) is 12.0. The van der Waals surface area contributed by atoms with Crippen LogP contribution < -0.4 is 0 Å². The summed E-state index contributed by atoms with van der Waals surface area (Å²) in [6.45, 7) is -0.0506. The zero-order valence-electron chi connectivity index (χ0n) is 9.06. The molecule has 0 aliphatic carbocycles. The van der Waals surface area contributed by atoms with Crippen molar-refractivity contribution in [3.05, 3.63) is 71.0 Å². The topological polar surface area (TPSA) is 37.3 Å². The molecule has 17 heavy (non-hydrogen) atoms. The van der Waals surface area contributed by atoms with Gasteiger partial charge in [0.1, 0.15) is 5.82 Å². The summed E-state index contributed by atoms with van der Waals surface area (Å²) in [5, 5.41) is 8.89. The lowest BCUT2D eigenvalue weighted by molar-refractivity contribution is 0.103. The Morgan fingerprint density at radius 2 is 1.41 bits per heavy atom. The smallest absolute Gasteiger partial charge is 0.193 e. The lowest BCUT2D eigenvalue weighted by atomic mass is 10.0. The summed E-state index contributed by atoms with van der Waals surface area (Å²) < 4.78 is 12.7. The number of hydrogen-bond donors (Lipinski definition) is 1. The average Bonchev–Trinajstić information content (AvgIpc) is 2.39. The maximum atomic E-state index is 12.7. The van der Waals surface area contributed by atoms with Crippen molar-refractivity contribution in [3.63, 3.8) is 0 Å². The molecule has 0 atom stereocenters. The van der Waals surface area contributed by atoms with Gasteiger partial charge in [-0.25, -0.2) is 4.39 Å². The number of carbonyl (C=O) groups is 1. The highest BCUT2D eigenvalue weighted by Gasteiger charge is 2.08. The van der Waals surface area contributed by atoms with E-state index in [9.17, 15) is 9.18 Å². The largest absolute Gasteiger partial charge is 0.392 e. The van der Waals surface area contributed by atoms with E-state index >= 15 is 0 Å². The molecule has 0 saturated carbocycles. The van der Waals surface area contributed by atoms with Crippen LogP contribution >= 0.6 is 0 Å². The van der Waals surface area contributed by atoms with E-state index in [4.69, 9.17) is 5.11 Å². The van der Waals surface area contributed by atoms with E-state index in [1.165, 1.54) is 24.3 Å². The van der Waals surface area contributed by atoms with Crippen LogP contribution in [0.4, 0.5) is 4.39 Å². The molecular formula is C14H11FO2. The maximum absolute atomic E-state index is 12.7. The second-order valence-corrected chi connectivity index (χ2v) is 3.69.